The molecule has 0 aliphatic carbocycles. The summed E-state index contributed by atoms with van der Waals surface area (Å²) in [5.74, 6) is -1.99. The van der Waals surface area contributed by atoms with E-state index >= 15 is 0 Å². The smallest absolute Gasteiger partial charge is 0.388 e. The highest BCUT2D eigenvalue weighted by Crippen LogP contribution is 2.18. The minimum absolute atomic E-state index is 0.0330. The topological polar surface area (TPSA) is 49.3 Å². The van der Waals surface area contributed by atoms with Crippen molar-refractivity contribution < 1.29 is 23.1 Å². The summed E-state index contributed by atoms with van der Waals surface area (Å²) in [4.78, 5) is 10.5. The van der Waals surface area contributed by atoms with Gasteiger partial charge in [-0.15, -0.1) is 0 Å². The molecule has 1 aromatic rings. The van der Waals surface area contributed by atoms with Crippen molar-refractivity contribution in [2.45, 2.75) is 25.6 Å². The Morgan fingerprint density at radius 1 is 1.44 bits per heavy atom. The monoisotopic (exact) mass is 261 g/mol. The van der Waals surface area contributed by atoms with Crippen LogP contribution in [0.2, 0.25) is 0 Å². The lowest BCUT2D eigenvalue weighted by atomic mass is 10.0. The number of carbonyl (C=O) groups excluding carboxylic acids is 1. The Kier molecular flexibility index (Phi) is 4.72. The predicted molar refractivity (Wildman–Crippen MR) is 59.8 cm³/mol. The van der Waals surface area contributed by atoms with Crippen LogP contribution in [0.25, 0.3) is 0 Å². The average molecular weight is 261 g/mol. The summed E-state index contributed by atoms with van der Waals surface area (Å²) in [6.07, 6.45) is -5.74. The number of rotatable bonds is 4. The van der Waals surface area contributed by atoms with E-state index in [9.17, 15) is 23.1 Å². The predicted octanol–water partition coefficient (Wildman–Crippen LogP) is 2.10. The minimum atomic E-state index is -4.88. The van der Waals surface area contributed by atoms with Gasteiger partial charge in [0.05, 0.1) is 6.10 Å². The molecule has 0 aliphatic heterocycles. The van der Waals surface area contributed by atoms with Crippen molar-refractivity contribution in [3.63, 3.8) is 0 Å². The molecule has 18 heavy (non-hydrogen) atoms. The van der Waals surface area contributed by atoms with Crippen LogP contribution in [0.15, 0.2) is 24.3 Å². The molecule has 6 heteroatoms. The molecule has 0 aliphatic rings. The van der Waals surface area contributed by atoms with Gasteiger partial charge in [0.2, 0.25) is 0 Å². The fourth-order valence-electron chi connectivity index (χ4n) is 1.47. The summed E-state index contributed by atoms with van der Waals surface area (Å²) in [5.41, 5.74) is 1.57. The third-order valence-corrected chi connectivity index (χ3v) is 2.39. The standard InChI is InChI=1S/C12H14F3NO2/c1-8-3-2-4-9(7-8)10(17)5-6-16-11(18)12(13,14)15/h2-4,7,10,17H,5-6H2,1H3,(H,16,18). The number of nitrogens with one attached hydrogen (secondary N) is 1. The van der Waals surface area contributed by atoms with Gasteiger partial charge >= 0.3 is 12.1 Å². The molecule has 0 radical (unpaired) electrons. The largest absolute Gasteiger partial charge is 0.471 e. The number of hydrogen-bond donors (Lipinski definition) is 2. The van der Waals surface area contributed by atoms with Gasteiger partial charge in [-0.2, -0.15) is 13.2 Å². The summed E-state index contributed by atoms with van der Waals surface area (Å²) >= 11 is 0. The van der Waals surface area contributed by atoms with Crippen molar-refractivity contribution in [1.29, 1.82) is 0 Å². The second-order valence-electron chi connectivity index (χ2n) is 3.97. The quantitative estimate of drug-likeness (QED) is 0.872. The SMILES string of the molecule is Cc1cccc(C(O)CCNC(=O)C(F)(F)F)c1. The van der Waals surface area contributed by atoms with Crippen molar-refractivity contribution in [1.82, 2.24) is 5.32 Å². The van der Waals surface area contributed by atoms with Gasteiger partial charge < -0.3 is 10.4 Å². The summed E-state index contributed by atoms with van der Waals surface area (Å²) in [7, 11) is 0. The highest BCUT2D eigenvalue weighted by Gasteiger charge is 2.38. The molecule has 0 aromatic heterocycles. The highest BCUT2D eigenvalue weighted by molar-refractivity contribution is 5.81. The van der Waals surface area contributed by atoms with Gasteiger partial charge in [0, 0.05) is 6.54 Å². The molecule has 1 rings (SSSR count). The maximum absolute atomic E-state index is 11.9. The summed E-state index contributed by atoms with van der Waals surface area (Å²) < 4.78 is 35.6. The molecule has 2 N–H and O–H groups in total. The van der Waals surface area contributed by atoms with Crippen LogP contribution < -0.4 is 5.32 Å². The molecule has 3 nitrogen and oxygen atoms in total. The molecular weight excluding hydrogens is 247 g/mol. The summed E-state index contributed by atoms with van der Waals surface area (Å²) in [6.45, 7) is 1.62. The fraction of sp³-hybridized carbons (Fsp3) is 0.417. The third-order valence-electron chi connectivity index (χ3n) is 2.39. The van der Waals surface area contributed by atoms with E-state index in [2.05, 4.69) is 0 Å². The Hall–Kier alpha value is -1.56. The lowest BCUT2D eigenvalue weighted by Gasteiger charge is -2.13. The molecule has 0 bridgehead atoms. The zero-order chi connectivity index (χ0) is 13.8. The maximum Gasteiger partial charge on any atom is 0.471 e. The first-order valence-corrected chi connectivity index (χ1v) is 5.40. The van der Waals surface area contributed by atoms with Crippen LogP contribution in [-0.4, -0.2) is 23.7 Å². The van der Waals surface area contributed by atoms with Crippen molar-refractivity contribution in [2.75, 3.05) is 6.54 Å². The molecule has 1 aromatic carbocycles. The average Bonchev–Trinajstić information content (AvgIpc) is 2.27. The molecule has 0 saturated carbocycles. The molecule has 100 valence electrons. The van der Waals surface area contributed by atoms with Crippen LogP contribution in [0.4, 0.5) is 13.2 Å². The van der Waals surface area contributed by atoms with E-state index < -0.39 is 18.2 Å². The van der Waals surface area contributed by atoms with Gasteiger partial charge in [-0.3, -0.25) is 4.79 Å². The van der Waals surface area contributed by atoms with Crippen molar-refractivity contribution in [3.05, 3.63) is 35.4 Å². The van der Waals surface area contributed by atoms with Gasteiger partial charge in [-0.1, -0.05) is 29.8 Å². The van der Waals surface area contributed by atoms with E-state index in [1.54, 1.807) is 23.5 Å². The molecule has 1 amide bonds. The molecular formula is C12H14F3NO2. The van der Waals surface area contributed by atoms with E-state index in [4.69, 9.17) is 0 Å². The number of benzene rings is 1. The number of amides is 1. The Morgan fingerprint density at radius 2 is 2.11 bits per heavy atom. The van der Waals surface area contributed by atoms with Gasteiger partial charge in [0.15, 0.2) is 0 Å². The highest BCUT2D eigenvalue weighted by atomic mass is 19.4. The van der Waals surface area contributed by atoms with Crippen molar-refractivity contribution in [2.24, 2.45) is 0 Å². The first kappa shape index (κ1) is 14.5. The molecule has 0 spiro atoms. The normalized spacial score (nSPS) is 13.2. The van der Waals surface area contributed by atoms with E-state index in [0.717, 1.165) is 5.56 Å². The van der Waals surface area contributed by atoms with Gasteiger partial charge in [0.25, 0.3) is 0 Å². The third kappa shape index (κ3) is 4.37. The zero-order valence-corrected chi connectivity index (χ0v) is 9.79. The van der Waals surface area contributed by atoms with Crippen molar-refractivity contribution in [3.8, 4) is 0 Å². The number of aryl methyl sites for hydroxylation is 1. The molecule has 1 atom stereocenters. The Labute approximate surface area is 103 Å². The first-order chi connectivity index (χ1) is 8.30. The van der Waals surface area contributed by atoms with Gasteiger partial charge in [-0.05, 0) is 18.9 Å². The molecule has 0 saturated heterocycles. The summed E-state index contributed by atoms with van der Waals surface area (Å²) in [5, 5.41) is 11.4. The molecule has 0 heterocycles. The van der Waals surface area contributed by atoms with Crippen LogP contribution in [0, 0.1) is 6.92 Å². The number of aliphatic hydroxyl groups is 1. The Bertz CT molecular complexity index is 418. The van der Waals surface area contributed by atoms with E-state index in [0.29, 0.717) is 5.56 Å². The first-order valence-electron chi connectivity index (χ1n) is 5.40. The van der Waals surface area contributed by atoms with E-state index in [1.165, 1.54) is 0 Å². The number of aliphatic hydroxyl groups excluding tert-OH is 1. The number of carbonyl (C=O) groups is 1. The van der Waals surface area contributed by atoms with Gasteiger partial charge in [-0.25, -0.2) is 0 Å². The van der Waals surface area contributed by atoms with Crippen LogP contribution in [0.1, 0.15) is 23.7 Å². The Morgan fingerprint density at radius 3 is 2.67 bits per heavy atom. The lowest BCUT2D eigenvalue weighted by molar-refractivity contribution is -0.173. The van der Waals surface area contributed by atoms with Gasteiger partial charge in [0.1, 0.15) is 0 Å². The minimum Gasteiger partial charge on any atom is -0.388 e. The summed E-state index contributed by atoms with van der Waals surface area (Å²) in [6, 6.07) is 7.03. The second-order valence-corrected chi connectivity index (χ2v) is 3.97. The number of hydrogen-bond acceptors (Lipinski definition) is 2. The fourth-order valence-corrected chi connectivity index (χ4v) is 1.47. The van der Waals surface area contributed by atoms with Crippen LogP contribution >= 0.6 is 0 Å². The van der Waals surface area contributed by atoms with E-state index in [-0.39, 0.29) is 13.0 Å². The zero-order valence-electron chi connectivity index (χ0n) is 9.79. The maximum atomic E-state index is 11.9. The second kappa shape index (κ2) is 5.86. The number of alkyl halides is 3. The lowest BCUT2D eigenvalue weighted by Crippen LogP contribution is -2.37. The molecule has 0 fully saturated rings. The van der Waals surface area contributed by atoms with Crippen molar-refractivity contribution >= 4 is 5.91 Å². The van der Waals surface area contributed by atoms with Crippen LogP contribution in [0.3, 0.4) is 0 Å². The Balaban J connectivity index is 2.43. The van der Waals surface area contributed by atoms with E-state index in [1.807, 2.05) is 13.0 Å². The number of halogens is 3. The van der Waals surface area contributed by atoms with Crippen LogP contribution in [-0.2, 0) is 4.79 Å². The molecule has 1 unspecified atom stereocenters. The van der Waals surface area contributed by atoms with Crippen LogP contribution in [0.5, 0.6) is 0 Å².